The molecule has 0 aliphatic carbocycles. The quantitative estimate of drug-likeness (QED) is 0.798. The molecule has 2 aliphatic heterocycles. The van der Waals surface area contributed by atoms with E-state index in [9.17, 15) is 4.79 Å². The number of benzene rings is 1. The number of nitrogens with one attached hydrogen (secondary N) is 2. The van der Waals surface area contributed by atoms with Gasteiger partial charge in [0.05, 0.1) is 7.11 Å². The third-order valence-electron chi connectivity index (χ3n) is 5.83. The van der Waals surface area contributed by atoms with Crippen LogP contribution in [0.4, 0.5) is 0 Å². The van der Waals surface area contributed by atoms with Crippen molar-refractivity contribution < 1.29 is 9.53 Å². The minimum absolute atomic E-state index is 0.141. The normalized spacial score (nSPS) is 26.5. The van der Waals surface area contributed by atoms with E-state index in [0.717, 1.165) is 30.6 Å². The molecule has 0 radical (unpaired) electrons. The van der Waals surface area contributed by atoms with Crippen LogP contribution in [-0.2, 0) is 11.2 Å². The summed E-state index contributed by atoms with van der Waals surface area (Å²) in [6.45, 7) is 4.34. The number of piperidine rings is 1. The summed E-state index contributed by atoms with van der Waals surface area (Å²) >= 11 is 0. The van der Waals surface area contributed by atoms with Crippen molar-refractivity contribution in [2.75, 3.05) is 7.11 Å². The first kappa shape index (κ1) is 18.2. The smallest absolute Gasteiger partial charge is 0.220 e. The van der Waals surface area contributed by atoms with Crippen LogP contribution in [0.3, 0.4) is 0 Å². The average molecular weight is 344 g/mol. The molecular weight excluding hydrogens is 312 g/mol. The predicted octanol–water partition coefficient (Wildman–Crippen LogP) is 3.30. The lowest BCUT2D eigenvalue weighted by molar-refractivity contribution is -0.123. The van der Waals surface area contributed by atoms with E-state index in [0.29, 0.717) is 30.3 Å². The first-order chi connectivity index (χ1) is 12.0. The lowest BCUT2D eigenvalue weighted by atomic mass is 9.89. The molecule has 3 rings (SSSR count). The number of amides is 1. The van der Waals surface area contributed by atoms with Crippen LogP contribution >= 0.6 is 0 Å². The first-order valence-corrected chi connectivity index (χ1v) is 9.72. The molecule has 2 N–H and O–H groups in total. The number of rotatable bonds is 7. The second-order valence-corrected chi connectivity index (χ2v) is 8.11. The number of ether oxygens (including phenoxy) is 1. The molecule has 2 fully saturated rings. The van der Waals surface area contributed by atoms with Gasteiger partial charge in [-0.15, -0.1) is 0 Å². The average Bonchev–Trinajstić information content (AvgIpc) is 2.93. The summed E-state index contributed by atoms with van der Waals surface area (Å²) < 4.78 is 5.46. The summed E-state index contributed by atoms with van der Waals surface area (Å²) in [5.74, 6) is 2.04. The van der Waals surface area contributed by atoms with Crippen molar-refractivity contribution in [3.63, 3.8) is 0 Å². The molecule has 0 saturated carbocycles. The van der Waals surface area contributed by atoms with Gasteiger partial charge in [-0.1, -0.05) is 32.0 Å². The van der Waals surface area contributed by atoms with Gasteiger partial charge in [-0.3, -0.25) is 4.79 Å². The van der Waals surface area contributed by atoms with Crippen molar-refractivity contribution in [3.8, 4) is 5.75 Å². The van der Waals surface area contributed by atoms with Gasteiger partial charge < -0.3 is 15.4 Å². The number of methoxy groups -OCH3 is 1. The number of carbonyl (C=O) groups is 1. The number of carbonyl (C=O) groups excluding carboxylic acids is 1. The van der Waals surface area contributed by atoms with E-state index in [1.54, 1.807) is 7.11 Å². The largest absolute Gasteiger partial charge is 0.496 e. The number of hydrogen-bond donors (Lipinski definition) is 2. The molecule has 0 aromatic heterocycles. The van der Waals surface area contributed by atoms with Gasteiger partial charge in [-0.2, -0.15) is 0 Å². The summed E-state index contributed by atoms with van der Waals surface area (Å²) in [5, 5.41) is 6.95. The lowest BCUT2D eigenvalue weighted by Gasteiger charge is -2.30. The van der Waals surface area contributed by atoms with E-state index < -0.39 is 0 Å². The summed E-state index contributed by atoms with van der Waals surface area (Å²) in [6.07, 6.45) is 6.36. The molecule has 2 bridgehead atoms. The molecule has 4 heteroatoms. The van der Waals surface area contributed by atoms with Crippen LogP contribution in [0, 0.1) is 11.8 Å². The maximum Gasteiger partial charge on any atom is 0.220 e. The predicted molar refractivity (Wildman–Crippen MR) is 101 cm³/mol. The molecule has 2 saturated heterocycles. The fraction of sp³-hybridized carbons (Fsp3) is 0.667. The van der Waals surface area contributed by atoms with Gasteiger partial charge in [0.1, 0.15) is 5.75 Å². The number of hydrogen-bond acceptors (Lipinski definition) is 3. The Morgan fingerprint density at radius 1 is 1.24 bits per heavy atom. The second-order valence-electron chi connectivity index (χ2n) is 8.11. The topological polar surface area (TPSA) is 50.4 Å². The van der Waals surface area contributed by atoms with Crippen LogP contribution in [0.25, 0.3) is 0 Å². The Balaban J connectivity index is 1.56. The number of fused-ring (bicyclic) bond motifs is 2. The summed E-state index contributed by atoms with van der Waals surface area (Å²) in [6, 6.07) is 9.52. The van der Waals surface area contributed by atoms with Crippen molar-refractivity contribution in [2.24, 2.45) is 11.8 Å². The maximum atomic E-state index is 12.6. The fourth-order valence-electron chi connectivity index (χ4n) is 4.43. The van der Waals surface area contributed by atoms with Crippen LogP contribution in [0.15, 0.2) is 24.3 Å². The van der Waals surface area contributed by atoms with E-state index in [1.165, 1.54) is 12.8 Å². The van der Waals surface area contributed by atoms with Crippen molar-refractivity contribution >= 4 is 5.91 Å². The maximum absolute atomic E-state index is 12.6. The summed E-state index contributed by atoms with van der Waals surface area (Å²) in [7, 11) is 1.70. The molecule has 138 valence electrons. The zero-order valence-electron chi connectivity index (χ0n) is 15.8. The van der Waals surface area contributed by atoms with Crippen LogP contribution in [0.1, 0.15) is 51.5 Å². The second kappa shape index (κ2) is 8.22. The Hall–Kier alpha value is -1.55. The first-order valence-electron chi connectivity index (χ1n) is 9.72. The molecule has 2 aliphatic rings. The lowest BCUT2D eigenvalue weighted by Crippen LogP contribution is -2.43. The van der Waals surface area contributed by atoms with Crippen LogP contribution in [0.5, 0.6) is 5.75 Å². The molecule has 3 unspecified atom stereocenters. The Morgan fingerprint density at radius 3 is 2.56 bits per heavy atom. The zero-order chi connectivity index (χ0) is 17.8. The minimum Gasteiger partial charge on any atom is -0.496 e. The van der Waals surface area contributed by atoms with Gasteiger partial charge >= 0.3 is 0 Å². The third-order valence-corrected chi connectivity index (χ3v) is 5.83. The monoisotopic (exact) mass is 344 g/mol. The Morgan fingerprint density at radius 2 is 1.92 bits per heavy atom. The Bertz CT molecular complexity index is 575. The van der Waals surface area contributed by atoms with Crippen molar-refractivity contribution in [3.05, 3.63) is 29.8 Å². The highest BCUT2D eigenvalue weighted by atomic mass is 16.5. The van der Waals surface area contributed by atoms with E-state index >= 15 is 0 Å². The number of para-hydroxylation sites is 1. The van der Waals surface area contributed by atoms with Crippen molar-refractivity contribution in [1.29, 1.82) is 0 Å². The molecule has 1 amide bonds. The van der Waals surface area contributed by atoms with Crippen LogP contribution < -0.4 is 15.4 Å². The SMILES string of the molecule is COc1ccccc1CC(NC(=O)CC1CC2CCC(C1)N2)C(C)C. The Labute approximate surface area is 151 Å². The highest BCUT2D eigenvalue weighted by Crippen LogP contribution is 2.32. The van der Waals surface area contributed by atoms with Crippen LogP contribution in [-0.4, -0.2) is 31.1 Å². The summed E-state index contributed by atoms with van der Waals surface area (Å²) in [5.41, 5.74) is 1.16. The van der Waals surface area contributed by atoms with Crippen molar-refractivity contribution in [2.45, 2.75) is 70.5 Å². The van der Waals surface area contributed by atoms with E-state index in [-0.39, 0.29) is 11.9 Å². The highest BCUT2D eigenvalue weighted by molar-refractivity contribution is 5.76. The molecule has 2 heterocycles. The molecule has 25 heavy (non-hydrogen) atoms. The molecule has 4 nitrogen and oxygen atoms in total. The van der Waals surface area contributed by atoms with Crippen molar-refractivity contribution in [1.82, 2.24) is 10.6 Å². The van der Waals surface area contributed by atoms with E-state index in [1.807, 2.05) is 18.2 Å². The fourth-order valence-corrected chi connectivity index (χ4v) is 4.43. The standard InChI is InChI=1S/C21H32N2O2/c1-14(2)19(13-16-6-4-5-7-20(16)25-3)23-21(24)12-15-10-17-8-9-18(11-15)22-17/h4-7,14-15,17-19,22H,8-13H2,1-3H3,(H,23,24). The van der Waals surface area contributed by atoms with Gasteiger partial charge in [0, 0.05) is 24.5 Å². The molecule has 3 atom stereocenters. The molecular formula is C21H32N2O2. The van der Waals surface area contributed by atoms with Gasteiger partial charge in [0.25, 0.3) is 0 Å². The molecule has 0 spiro atoms. The van der Waals surface area contributed by atoms with E-state index in [2.05, 4.69) is 30.5 Å². The van der Waals surface area contributed by atoms with Gasteiger partial charge in [-0.25, -0.2) is 0 Å². The minimum atomic E-state index is 0.141. The van der Waals surface area contributed by atoms with Gasteiger partial charge in [-0.05, 0) is 55.6 Å². The Kier molecular flexibility index (Phi) is 6.00. The zero-order valence-corrected chi connectivity index (χ0v) is 15.8. The van der Waals surface area contributed by atoms with Gasteiger partial charge in [0.15, 0.2) is 0 Å². The third kappa shape index (κ3) is 4.75. The highest BCUT2D eigenvalue weighted by Gasteiger charge is 2.34. The van der Waals surface area contributed by atoms with E-state index in [4.69, 9.17) is 4.74 Å². The molecule has 1 aromatic carbocycles. The van der Waals surface area contributed by atoms with Crippen LogP contribution in [0.2, 0.25) is 0 Å². The molecule has 1 aromatic rings. The van der Waals surface area contributed by atoms with Gasteiger partial charge in [0.2, 0.25) is 5.91 Å². The summed E-state index contributed by atoms with van der Waals surface area (Å²) in [4.78, 5) is 12.6.